The van der Waals surface area contributed by atoms with E-state index in [0.29, 0.717) is 12.4 Å². The number of hydrogen-bond acceptors (Lipinski definition) is 6. The predicted molar refractivity (Wildman–Crippen MR) is 86.8 cm³/mol. The number of nitrogens with one attached hydrogen (secondary N) is 1. The Balaban J connectivity index is 1.58. The van der Waals surface area contributed by atoms with Gasteiger partial charge in [-0.2, -0.15) is 0 Å². The van der Waals surface area contributed by atoms with Crippen molar-refractivity contribution in [3.05, 3.63) is 47.9 Å². The Labute approximate surface area is 134 Å². The lowest BCUT2D eigenvalue weighted by molar-refractivity contribution is 0.0236. The SMILES string of the molecule is c1cc(NC2=NCc3ccnc(OC4CCOCC4)c32)ccn1. The second kappa shape index (κ2) is 6.34. The quantitative estimate of drug-likeness (QED) is 0.943. The molecule has 0 radical (unpaired) electrons. The van der Waals surface area contributed by atoms with Crippen LogP contribution in [0, 0.1) is 0 Å². The summed E-state index contributed by atoms with van der Waals surface area (Å²) >= 11 is 0. The molecule has 0 aliphatic carbocycles. The fourth-order valence-electron chi connectivity index (χ4n) is 2.82. The fourth-order valence-corrected chi connectivity index (χ4v) is 2.82. The van der Waals surface area contributed by atoms with Gasteiger partial charge in [0, 0.05) is 37.1 Å². The zero-order valence-electron chi connectivity index (χ0n) is 12.7. The van der Waals surface area contributed by atoms with Crippen LogP contribution in [0.25, 0.3) is 0 Å². The van der Waals surface area contributed by atoms with Gasteiger partial charge in [0.1, 0.15) is 11.9 Å². The standard InChI is InChI=1S/C17H18N4O2/c1-8-19-17(23-14-4-9-22-10-5-14)15-12(1)11-20-16(15)21-13-2-6-18-7-3-13/h1-3,6-8,14H,4-5,9-11H2,(H,18,20,21). The number of aliphatic imine (C=N–C) groups is 1. The number of anilines is 1. The first-order valence-electron chi connectivity index (χ1n) is 7.84. The number of fused-ring (bicyclic) bond motifs is 1. The van der Waals surface area contributed by atoms with Crippen molar-refractivity contribution < 1.29 is 9.47 Å². The number of pyridine rings is 2. The summed E-state index contributed by atoms with van der Waals surface area (Å²) in [5, 5.41) is 3.34. The van der Waals surface area contributed by atoms with E-state index < -0.39 is 0 Å². The van der Waals surface area contributed by atoms with E-state index in [1.807, 2.05) is 18.2 Å². The minimum atomic E-state index is 0.158. The van der Waals surface area contributed by atoms with Gasteiger partial charge in [0.25, 0.3) is 0 Å². The van der Waals surface area contributed by atoms with Crippen molar-refractivity contribution in [3.63, 3.8) is 0 Å². The van der Waals surface area contributed by atoms with E-state index in [-0.39, 0.29) is 6.10 Å². The van der Waals surface area contributed by atoms with Crippen molar-refractivity contribution in [1.82, 2.24) is 9.97 Å². The van der Waals surface area contributed by atoms with Crippen molar-refractivity contribution in [2.45, 2.75) is 25.5 Å². The maximum Gasteiger partial charge on any atom is 0.225 e. The molecule has 2 aliphatic rings. The lowest BCUT2D eigenvalue weighted by Gasteiger charge is -2.24. The second-order valence-corrected chi connectivity index (χ2v) is 5.61. The average Bonchev–Trinajstić information content (AvgIpc) is 3.01. The molecule has 0 bridgehead atoms. The predicted octanol–water partition coefficient (Wildman–Crippen LogP) is 2.41. The number of hydrogen-bond donors (Lipinski definition) is 1. The van der Waals surface area contributed by atoms with Crippen LogP contribution in [-0.2, 0) is 11.3 Å². The molecule has 1 fully saturated rings. The van der Waals surface area contributed by atoms with Crippen LogP contribution in [0.3, 0.4) is 0 Å². The Kier molecular flexibility index (Phi) is 3.90. The van der Waals surface area contributed by atoms with Crippen LogP contribution in [0.4, 0.5) is 5.69 Å². The first kappa shape index (κ1) is 14.1. The molecule has 1 saturated heterocycles. The van der Waals surface area contributed by atoms with Gasteiger partial charge < -0.3 is 14.8 Å². The van der Waals surface area contributed by atoms with Gasteiger partial charge in [-0.15, -0.1) is 0 Å². The Morgan fingerprint density at radius 2 is 1.91 bits per heavy atom. The summed E-state index contributed by atoms with van der Waals surface area (Å²) < 4.78 is 11.5. The van der Waals surface area contributed by atoms with E-state index in [9.17, 15) is 0 Å². The molecule has 2 aromatic rings. The van der Waals surface area contributed by atoms with Crippen LogP contribution in [0.1, 0.15) is 24.0 Å². The summed E-state index contributed by atoms with van der Waals surface area (Å²) in [5.74, 6) is 1.47. The van der Waals surface area contributed by atoms with Crippen molar-refractivity contribution in [2.75, 3.05) is 18.5 Å². The third kappa shape index (κ3) is 3.03. The van der Waals surface area contributed by atoms with Gasteiger partial charge in [-0.3, -0.25) is 9.98 Å². The monoisotopic (exact) mass is 310 g/mol. The molecule has 4 heterocycles. The average molecular weight is 310 g/mol. The molecule has 0 amide bonds. The van der Waals surface area contributed by atoms with E-state index in [1.165, 1.54) is 0 Å². The van der Waals surface area contributed by atoms with Crippen LogP contribution >= 0.6 is 0 Å². The third-order valence-electron chi connectivity index (χ3n) is 4.04. The molecular weight excluding hydrogens is 292 g/mol. The normalized spacial score (nSPS) is 17.5. The van der Waals surface area contributed by atoms with Crippen molar-refractivity contribution in [1.29, 1.82) is 0 Å². The number of nitrogens with zero attached hydrogens (tertiary/aromatic N) is 3. The van der Waals surface area contributed by atoms with E-state index in [2.05, 4.69) is 20.3 Å². The van der Waals surface area contributed by atoms with Gasteiger partial charge in [0.2, 0.25) is 5.88 Å². The number of amidine groups is 1. The number of ether oxygens (including phenoxy) is 2. The minimum absolute atomic E-state index is 0.158. The maximum absolute atomic E-state index is 6.14. The first-order valence-corrected chi connectivity index (χ1v) is 7.84. The lowest BCUT2D eigenvalue weighted by atomic mass is 10.1. The summed E-state index contributed by atoms with van der Waals surface area (Å²) in [6, 6.07) is 5.82. The molecule has 0 spiro atoms. The minimum Gasteiger partial charge on any atom is -0.474 e. The molecule has 6 nitrogen and oxygen atoms in total. The van der Waals surface area contributed by atoms with Gasteiger partial charge in [-0.1, -0.05) is 0 Å². The van der Waals surface area contributed by atoms with Crippen molar-refractivity contribution >= 4 is 11.5 Å². The van der Waals surface area contributed by atoms with Crippen molar-refractivity contribution in [3.8, 4) is 5.88 Å². The zero-order valence-corrected chi connectivity index (χ0v) is 12.7. The van der Waals surface area contributed by atoms with Gasteiger partial charge >= 0.3 is 0 Å². The summed E-state index contributed by atoms with van der Waals surface area (Å²) in [4.78, 5) is 13.1. The highest BCUT2D eigenvalue weighted by Gasteiger charge is 2.25. The molecular formula is C17H18N4O2. The largest absolute Gasteiger partial charge is 0.474 e. The maximum atomic E-state index is 6.14. The molecule has 0 saturated carbocycles. The summed E-state index contributed by atoms with van der Waals surface area (Å²) in [6.45, 7) is 2.14. The Morgan fingerprint density at radius 3 is 2.74 bits per heavy atom. The molecule has 0 aromatic carbocycles. The van der Waals surface area contributed by atoms with Crippen molar-refractivity contribution in [2.24, 2.45) is 4.99 Å². The molecule has 0 atom stereocenters. The van der Waals surface area contributed by atoms with Gasteiger partial charge in [0.15, 0.2) is 0 Å². The first-order chi connectivity index (χ1) is 11.4. The fraction of sp³-hybridized carbons (Fsp3) is 0.353. The van der Waals surface area contributed by atoms with E-state index in [4.69, 9.17) is 9.47 Å². The highest BCUT2D eigenvalue weighted by Crippen LogP contribution is 2.29. The molecule has 4 rings (SSSR count). The molecule has 2 aromatic heterocycles. The lowest BCUT2D eigenvalue weighted by Crippen LogP contribution is -2.27. The van der Waals surface area contributed by atoms with E-state index >= 15 is 0 Å². The summed E-state index contributed by atoms with van der Waals surface area (Å²) in [5.41, 5.74) is 3.06. The highest BCUT2D eigenvalue weighted by molar-refractivity contribution is 6.12. The van der Waals surface area contributed by atoms with Crippen LogP contribution < -0.4 is 10.1 Å². The van der Waals surface area contributed by atoms with Gasteiger partial charge in [-0.25, -0.2) is 4.98 Å². The van der Waals surface area contributed by atoms with Crippen LogP contribution in [0.15, 0.2) is 41.8 Å². The second-order valence-electron chi connectivity index (χ2n) is 5.61. The number of rotatable bonds is 3. The Morgan fingerprint density at radius 1 is 1.09 bits per heavy atom. The molecule has 0 unspecified atom stereocenters. The Bertz CT molecular complexity index is 712. The molecule has 118 valence electrons. The molecule has 23 heavy (non-hydrogen) atoms. The highest BCUT2D eigenvalue weighted by atomic mass is 16.5. The van der Waals surface area contributed by atoms with Gasteiger partial charge in [-0.05, 0) is 23.8 Å². The zero-order chi connectivity index (χ0) is 15.5. The van der Waals surface area contributed by atoms with Crippen LogP contribution in [0.2, 0.25) is 0 Å². The summed E-state index contributed by atoms with van der Waals surface area (Å²) in [6.07, 6.45) is 7.25. The van der Waals surface area contributed by atoms with Crippen LogP contribution in [-0.4, -0.2) is 35.1 Å². The molecule has 1 N–H and O–H groups in total. The van der Waals surface area contributed by atoms with Crippen LogP contribution in [0.5, 0.6) is 5.88 Å². The number of aromatic nitrogens is 2. The topological polar surface area (TPSA) is 68.6 Å². The molecule has 6 heteroatoms. The van der Waals surface area contributed by atoms with E-state index in [1.54, 1.807) is 18.6 Å². The Hall–Kier alpha value is -2.47. The van der Waals surface area contributed by atoms with Gasteiger partial charge in [0.05, 0.1) is 25.3 Å². The smallest absolute Gasteiger partial charge is 0.225 e. The van der Waals surface area contributed by atoms with E-state index in [0.717, 1.165) is 48.7 Å². The third-order valence-corrected chi connectivity index (χ3v) is 4.04. The molecule has 2 aliphatic heterocycles. The summed E-state index contributed by atoms with van der Waals surface area (Å²) in [7, 11) is 0.